The van der Waals surface area contributed by atoms with Gasteiger partial charge in [-0.1, -0.05) is 41.6 Å². The van der Waals surface area contributed by atoms with Crippen LogP contribution in [0.3, 0.4) is 0 Å². The zero-order valence-electron chi connectivity index (χ0n) is 14.7. The van der Waals surface area contributed by atoms with Crippen molar-refractivity contribution in [1.82, 2.24) is 0 Å². The van der Waals surface area contributed by atoms with Crippen LogP contribution in [-0.4, -0.2) is 18.4 Å². The monoisotopic (exact) mass is 412 g/mol. The number of carbonyl (C=O) groups excluding carboxylic acids is 2. The SMILES string of the molecule is NC(=O)c1cccc(OCC(=O)Nc2ccc(Sc3ccccc3Cl)cc2)c1. The Labute approximate surface area is 171 Å². The van der Waals surface area contributed by atoms with Crippen molar-refractivity contribution < 1.29 is 14.3 Å². The van der Waals surface area contributed by atoms with Gasteiger partial charge in [0.25, 0.3) is 5.91 Å². The van der Waals surface area contributed by atoms with E-state index in [4.69, 9.17) is 22.1 Å². The third kappa shape index (κ3) is 5.52. The van der Waals surface area contributed by atoms with Gasteiger partial charge in [0.2, 0.25) is 5.91 Å². The van der Waals surface area contributed by atoms with Gasteiger partial charge in [0.1, 0.15) is 5.75 Å². The molecule has 0 aromatic heterocycles. The first-order valence-electron chi connectivity index (χ1n) is 8.36. The molecule has 28 heavy (non-hydrogen) atoms. The number of hydrogen-bond donors (Lipinski definition) is 2. The second-order valence-electron chi connectivity index (χ2n) is 5.79. The van der Waals surface area contributed by atoms with Crippen LogP contribution >= 0.6 is 23.4 Å². The molecule has 7 heteroatoms. The number of primary amides is 1. The number of nitrogens with two attached hydrogens (primary N) is 1. The van der Waals surface area contributed by atoms with Crippen molar-refractivity contribution in [1.29, 1.82) is 0 Å². The van der Waals surface area contributed by atoms with E-state index in [1.807, 2.05) is 48.5 Å². The molecule has 0 fully saturated rings. The Morgan fingerprint density at radius 1 is 1.00 bits per heavy atom. The van der Waals surface area contributed by atoms with Crippen LogP contribution in [0.4, 0.5) is 5.69 Å². The third-order valence-electron chi connectivity index (χ3n) is 3.69. The van der Waals surface area contributed by atoms with Crippen molar-refractivity contribution >= 4 is 40.9 Å². The molecule has 3 rings (SSSR count). The fourth-order valence-electron chi connectivity index (χ4n) is 2.35. The highest BCUT2D eigenvalue weighted by Crippen LogP contribution is 2.33. The number of halogens is 1. The average molecular weight is 413 g/mol. The summed E-state index contributed by atoms with van der Waals surface area (Å²) in [6.45, 7) is -0.182. The second kappa shape index (κ2) is 9.30. The molecule has 0 radical (unpaired) electrons. The molecule has 0 aliphatic heterocycles. The number of hydrogen-bond acceptors (Lipinski definition) is 4. The Bertz CT molecular complexity index is 993. The Kier molecular flexibility index (Phi) is 6.57. The van der Waals surface area contributed by atoms with Gasteiger partial charge >= 0.3 is 0 Å². The molecule has 142 valence electrons. The van der Waals surface area contributed by atoms with E-state index in [-0.39, 0.29) is 12.5 Å². The maximum Gasteiger partial charge on any atom is 0.262 e. The van der Waals surface area contributed by atoms with E-state index in [9.17, 15) is 9.59 Å². The summed E-state index contributed by atoms with van der Waals surface area (Å²) in [6, 6.07) is 21.4. The predicted molar refractivity (Wildman–Crippen MR) is 111 cm³/mol. The number of benzene rings is 3. The predicted octanol–water partition coefficient (Wildman–Crippen LogP) is 4.61. The maximum absolute atomic E-state index is 12.1. The molecule has 0 heterocycles. The van der Waals surface area contributed by atoms with Crippen molar-refractivity contribution in [3.63, 3.8) is 0 Å². The summed E-state index contributed by atoms with van der Waals surface area (Å²) in [5.74, 6) is -0.460. The van der Waals surface area contributed by atoms with Crippen molar-refractivity contribution in [2.45, 2.75) is 9.79 Å². The molecular formula is C21H17ClN2O3S. The molecule has 5 nitrogen and oxygen atoms in total. The molecule has 0 saturated heterocycles. The molecule has 0 bridgehead atoms. The smallest absolute Gasteiger partial charge is 0.262 e. The van der Waals surface area contributed by atoms with Gasteiger partial charge in [-0.2, -0.15) is 0 Å². The first kappa shape index (κ1) is 19.8. The van der Waals surface area contributed by atoms with E-state index in [1.54, 1.807) is 30.0 Å². The Balaban J connectivity index is 1.54. The van der Waals surface area contributed by atoms with Gasteiger partial charge in [-0.05, 0) is 54.6 Å². The average Bonchev–Trinajstić information content (AvgIpc) is 2.70. The van der Waals surface area contributed by atoms with Gasteiger partial charge in [0, 0.05) is 21.0 Å². The van der Waals surface area contributed by atoms with Crippen molar-refractivity contribution in [2.75, 3.05) is 11.9 Å². The number of amides is 2. The van der Waals surface area contributed by atoms with Crippen LogP contribution in [-0.2, 0) is 4.79 Å². The van der Waals surface area contributed by atoms with Crippen LogP contribution < -0.4 is 15.8 Å². The highest BCUT2D eigenvalue weighted by Gasteiger charge is 2.07. The summed E-state index contributed by atoms with van der Waals surface area (Å²) in [7, 11) is 0. The highest BCUT2D eigenvalue weighted by atomic mass is 35.5. The zero-order valence-corrected chi connectivity index (χ0v) is 16.3. The fourth-order valence-corrected chi connectivity index (χ4v) is 3.44. The minimum absolute atomic E-state index is 0.182. The highest BCUT2D eigenvalue weighted by molar-refractivity contribution is 7.99. The standard InChI is InChI=1S/C21H17ClN2O3S/c22-18-6-1-2-7-19(18)28-17-10-8-15(9-11-17)24-20(25)13-27-16-5-3-4-14(12-16)21(23)26/h1-12H,13H2,(H2,23,26)(H,24,25). The van der Waals surface area contributed by atoms with E-state index < -0.39 is 5.91 Å². The van der Waals surface area contributed by atoms with Crippen molar-refractivity contribution in [2.24, 2.45) is 5.73 Å². The van der Waals surface area contributed by atoms with Crippen LogP contribution in [0, 0.1) is 0 Å². The first-order chi connectivity index (χ1) is 13.5. The summed E-state index contributed by atoms with van der Waals surface area (Å²) in [5, 5.41) is 3.46. The van der Waals surface area contributed by atoms with Gasteiger partial charge in [-0.25, -0.2) is 0 Å². The lowest BCUT2D eigenvalue weighted by Crippen LogP contribution is -2.20. The summed E-state index contributed by atoms with van der Waals surface area (Å²) >= 11 is 7.72. The van der Waals surface area contributed by atoms with Gasteiger partial charge in [0.15, 0.2) is 6.61 Å². The largest absolute Gasteiger partial charge is 0.484 e. The number of rotatable bonds is 7. The lowest BCUT2D eigenvalue weighted by Gasteiger charge is -2.09. The van der Waals surface area contributed by atoms with Gasteiger partial charge in [-0.15, -0.1) is 0 Å². The van der Waals surface area contributed by atoms with Crippen LogP contribution in [0.25, 0.3) is 0 Å². The van der Waals surface area contributed by atoms with Crippen LogP contribution in [0.5, 0.6) is 5.75 Å². The summed E-state index contributed by atoms with van der Waals surface area (Å²) < 4.78 is 5.41. The molecule has 2 amide bonds. The summed E-state index contributed by atoms with van der Waals surface area (Å²) in [6.07, 6.45) is 0. The van der Waals surface area contributed by atoms with Crippen LogP contribution in [0.2, 0.25) is 5.02 Å². The Hall–Kier alpha value is -2.96. The summed E-state index contributed by atoms with van der Waals surface area (Å²) in [5.41, 5.74) is 6.21. The van der Waals surface area contributed by atoms with Gasteiger partial charge in [-0.3, -0.25) is 9.59 Å². The van der Waals surface area contributed by atoms with Crippen molar-refractivity contribution in [3.8, 4) is 5.75 Å². The second-order valence-corrected chi connectivity index (χ2v) is 7.31. The topological polar surface area (TPSA) is 81.4 Å². The van der Waals surface area contributed by atoms with E-state index in [1.165, 1.54) is 6.07 Å². The summed E-state index contributed by atoms with van der Waals surface area (Å²) in [4.78, 5) is 25.2. The lowest BCUT2D eigenvalue weighted by molar-refractivity contribution is -0.118. The minimum atomic E-state index is -0.551. The molecule has 0 unspecified atom stereocenters. The molecule has 0 saturated carbocycles. The van der Waals surface area contributed by atoms with E-state index >= 15 is 0 Å². The van der Waals surface area contributed by atoms with Crippen molar-refractivity contribution in [3.05, 3.63) is 83.4 Å². The Morgan fingerprint density at radius 2 is 1.75 bits per heavy atom. The quantitative estimate of drug-likeness (QED) is 0.593. The lowest BCUT2D eigenvalue weighted by atomic mass is 10.2. The van der Waals surface area contributed by atoms with E-state index in [0.717, 1.165) is 9.79 Å². The Morgan fingerprint density at radius 3 is 2.46 bits per heavy atom. The normalized spacial score (nSPS) is 10.3. The minimum Gasteiger partial charge on any atom is -0.484 e. The van der Waals surface area contributed by atoms with E-state index in [2.05, 4.69) is 5.32 Å². The maximum atomic E-state index is 12.1. The third-order valence-corrected chi connectivity index (χ3v) is 5.22. The number of carbonyl (C=O) groups is 2. The fraction of sp³-hybridized carbons (Fsp3) is 0.0476. The number of anilines is 1. The molecule has 3 aromatic carbocycles. The number of ether oxygens (including phenoxy) is 1. The molecule has 0 atom stereocenters. The van der Waals surface area contributed by atoms with Gasteiger partial charge in [0.05, 0.1) is 5.02 Å². The van der Waals surface area contributed by atoms with Crippen LogP contribution in [0.1, 0.15) is 10.4 Å². The van der Waals surface area contributed by atoms with Crippen LogP contribution in [0.15, 0.2) is 82.6 Å². The molecule has 3 aromatic rings. The zero-order chi connectivity index (χ0) is 19.9. The molecule has 0 aliphatic rings. The number of nitrogens with one attached hydrogen (secondary N) is 1. The molecule has 3 N–H and O–H groups in total. The van der Waals surface area contributed by atoms with E-state index in [0.29, 0.717) is 22.0 Å². The molecule has 0 spiro atoms. The first-order valence-corrected chi connectivity index (χ1v) is 9.56. The molecule has 0 aliphatic carbocycles. The molecular weight excluding hydrogens is 396 g/mol. The van der Waals surface area contributed by atoms with Gasteiger partial charge < -0.3 is 15.8 Å².